The summed E-state index contributed by atoms with van der Waals surface area (Å²) in [4.78, 5) is 4.30. The maximum atomic E-state index is 6.01. The smallest absolute Gasteiger partial charge is 0.264 e. The molecule has 106 valence electrons. The van der Waals surface area contributed by atoms with Crippen LogP contribution in [0.2, 0.25) is 5.02 Å². The van der Waals surface area contributed by atoms with Crippen molar-refractivity contribution in [1.82, 2.24) is 10.1 Å². The van der Waals surface area contributed by atoms with Crippen LogP contribution >= 0.6 is 27.5 Å². The van der Waals surface area contributed by atoms with E-state index in [-0.39, 0.29) is 6.61 Å². The molecule has 0 radical (unpaired) electrons. The van der Waals surface area contributed by atoms with E-state index in [1.807, 2.05) is 36.4 Å². The molecule has 0 amide bonds. The number of rotatable bonds is 4. The minimum atomic E-state index is 0.171. The third-order valence-corrected chi connectivity index (χ3v) is 3.54. The molecule has 4 nitrogen and oxygen atoms in total. The number of hydrogen-bond acceptors (Lipinski definition) is 4. The summed E-state index contributed by atoms with van der Waals surface area (Å²) in [5.41, 5.74) is 0.872. The predicted octanol–water partition coefficient (Wildman–Crippen LogP) is 4.73. The van der Waals surface area contributed by atoms with Crippen LogP contribution in [0.1, 0.15) is 5.89 Å². The fourth-order valence-corrected chi connectivity index (χ4v) is 2.35. The maximum Gasteiger partial charge on any atom is 0.264 e. The van der Waals surface area contributed by atoms with Crippen molar-refractivity contribution in [1.29, 1.82) is 0 Å². The molecule has 0 aliphatic heterocycles. The highest BCUT2D eigenvalue weighted by molar-refractivity contribution is 9.10. The first-order valence-electron chi connectivity index (χ1n) is 6.18. The number of ether oxygens (including phenoxy) is 1. The van der Waals surface area contributed by atoms with E-state index in [0.717, 1.165) is 10.0 Å². The molecule has 1 heterocycles. The molecule has 0 saturated heterocycles. The summed E-state index contributed by atoms with van der Waals surface area (Å²) < 4.78 is 11.7. The number of para-hydroxylation sites is 1. The van der Waals surface area contributed by atoms with Gasteiger partial charge in [-0.2, -0.15) is 4.98 Å². The van der Waals surface area contributed by atoms with Gasteiger partial charge < -0.3 is 9.26 Å². The second-order valence-corrected chi connectivity index (χ2v) is 5.56. The SMILES string of the molecule is Clc1ccccc1OCc1nc(-c2cccc(Br)c2)no1. The summed E-state index contributed by atoms with van der Waals surface area (Å²) in [6.45, 7) is 0.171. The molecule has 0 spiro atoms. The minimum absolute atomic E-state index is 0.171. The summed E-state index contributed by atoms with van der Waals surface area (Å²) in [6, 6.07) is 14.9. The first kappa shape index (κ1) is 14.1. The van der Waals surface area contributed by atoms with Gasteiger partial charge in [-0.1, -0.05) is 57.0 Å². The van der Waals surface area contributed by atoms with E-state index in [9.17, 15) is 0 Å². The highest BCUT2D eigenvalue weighted by Crippen LogP contribution is 2.24. The number of hydrogen-bond donors (Lipinski definition) is 0. The average Bonchev–Trinajstić information content (AvgIpc) is 2.95. The van der Waals surface area contributed by atoms with Gasteiger partial charge in [0, 0.05) is 10.0 Å². The van der Waals surface area contributed by atoms with E-state index in [4.69, 9.17) is 20.9 Å². The minimum Gasteiger partial charge on any atom is -0.482 e. The van der Waals surface area contributed by atoms with Crippen LogP contribution in [-0.2, 0) is 6.61 Å². The fraction of sp³-hybridized carbons (Fsp3) is 0.0667. The Morgan fingerprint density at radius 3 is 2.81 bits per heavy atom. The standard InChI is InChI=1S/C15H10BrClN2O2/c16-11-5-3-4-10(8-11)15-18-14(21-19-15)9-20-13-7-2-1-6-12(13)17/h1-8H,9H2. The van der Waals surface area contributed by atoms with Gasteiger partial charge in [0.05, 0.1) is 5.02 Å². The molecule has 0 saturated carbocycles. The molecule has 3 aromatic rings. The topological polar surface area (TPSA) is 48.2 Å². The molecule has 0 N–H and O–H groups in total. The second-order valence-electron chi connectivity index (χ2n) is 4.24. The van der Waals surface area contributed by atoms with Crippen molar-refractivity contribution in [3.63, 3.8) is 0 Å². The summed E-state index contributed by atoms with van der Waals surface area (Å²) in [5.74, 6) is 1.50. The van der Waals surface area contributed by atoms with E-state index in [0.29, 0.717) is 22.5 Å². The first-order valence-corrected chi connectivity index (χ1v) is 7.35. The van der Waals surface area contributed by atoms with Gasteiger partial charge in [0.15, 0.2) is 6.61 Å². The van der Waals surface area contributed by atoms with Gasteiger partial charge in [-0.25, -0.2) is 0 Å². The summed E-state index contributed by atoms with van der Waals surface area (Å²) in [5, 5.41) is 4.49. The van der Waals surface area contributed by atoms with Gasteiger partial charge in [-0.15, -0.1) is 0 Å². The van der Waals surface area contributed by atoms with Crippen LogP contribution in [0.3, 0.4) is 0 Å². The lowest BCUT2D eigenvalue weighted by Crippen LogP contribution is -1.96. The van der Waals surface area contributed by atoms with Gasteiger partial charge in [0.2, 0.25) is 5.82 Å². The molecule has 21 heavy (non-hydrogen) atoms. The molecular formula is C15H10BrClN2O2. The van der Waals surface area contributed by atoms with Gasteiger partial charge in [-0.05, 0) is 24.3 Å². The molecule has 6 heteroatoms. The van der Waals surface area contributed by atoms with Crippen molar-refractivity contribution in [2.45, 2.75) is 6.61 Å². The quantitative estimate of drug-likeness (QED) is 0.670. The average molecular weight is 366 g/mol. The van der Waals surface area contributed by atoms with Crippen LogP contribution in [-0.4, -0.2) is 10.1 Å². The Morgan fingerprint density at radius 1 is 1.14 bits per heavy atom. The lowest BCUT2D eigenvalue weighted by Gasteiger charge is -2.04. The maximum absolute atomic E-state index is 6.01. The zero-order chi connectivity index (χ0) is 14.7. The Kier molecular flexibility index (Phi) is 4.22. The summed E-state index contributed by atoms with van der Waals surface area (Å²) in [7, 11) is 0. The van der Waals surface area contributed by atoms with E-state index in [1.54, 1.807) is 12.1 Å². The number of nitrogens with zero attached hydrogens (tertiary/aromatic N) is 2. The Morgan fingerprint density at radius 2 is 2.00 bits per heavy atom. The van der Waals surface area contributed by atoms with Gasteiger partial charge >= 0.3 is 0 Å². The van der Waals surface area contributed by atoms with E-state index in [1.165, 1.54) is 0 Å². The normalized spacial score (nSPS) is 10.6. The monoisotopic (exact) mass is 364 g/mol. The van der Waals surface area contributed by atoms with Crippen LogP contribution in [0.25, 0.3) is 11.4 Å². The molecule has 0 bridgehead atoms. The van der Waals surface area contributed by atoms with Crippen LogP contribution in [0, 0.1) is 0 Å². The molecule has 0 aliphatic rings. The Balaban J connectivity index is 1.72. The Labute approximate surface area is 134 Å². The van der Waals surface area contributed by atoms with Crippen LogP contribution in [0.15, 0.2) is 57.5 Å². The van der Waals surface area contributed by atoms with Gasteiger partial charge in [-0.3, -0.25) is 0 Å². The lowest BCUT2D eigenvalue weighted by molar-refractivity contribution is 0.243. The van der Waals surface area contributed by atoms with Crippen LogP contribution in [0.5, 0.6) is 5.75 Å². The van der Waals surface area contributed by atoms with Gasteiger partial charge in [0.1, 0.15) is 5.75 Å². The zero-order valence-corrected chi connectivity index (χ0v) is 13.1. The molecule has 0 unspecified atom stereocenters. The summed E-state index contributed by atoms with van der Waals surface area (Å²) in [6.07, 6.45) is 0. The van der Waals surface area contributed by atoms with E-state index < -0.39 is 0 Å². The third kappa shape index (κ3) is 3.43. The van der Waals surface area contributed by atoms with Gasteiger partial charge in [0.25, 0.3) is 5.89 Å². The molecule has 2 aromatic carbocycles. The van der Waals surface area contributed by atoms with Crippen molar-refractivity contribution < 1.29 is 9.26 Å². The number of benzene rings is 2. The molecule has 0 fully saturated rings. The Bertz CT molecular complexity index is 761. The number of aromatic nitrogens is 2. The van der Waals surface area contributed by atoms with Crippen molar-refractivity contribution >= 4 is 27.5 Å². The highest BCUT2D eigenvalue weighted by atomic mass is 79.9. The highest BCUT2D eigenvalue weighted by Gasteiger charge is 2.10. The molecule has 3 rings (SSSR count). The first-order chi connectivity index (χ1) is 10.2. The second kappa shape index (κ2) is 6.28. The van der Waals surface area contributed by atoms with Crippen molar-refractivity contribution in [2.24, 2.45) is 0 Å². The third-order valence-electron chi connectivity index (χ3n) is 2.74. The molecular weight excluding hydrogens is 356 g/mol. The fourth-order valence-electron chi connectivity index (χ4n) is 1.76. The zero-order valence-electron chi connectivity index (χ0n) is 10.8. The summed E-state index contributed by atoms with van der Waals surface area (Å²) >= 11 is 9.42. The van der Waals surface area contributed by atoms with E-state index in [2.05, 4.69) is 26.1 Å². The number of halogens is 2. The molecule has 0 aliphatic carbocycles. The predicted molar refractivity (Wildman–Crippen MR) is 83.2 cm³/mol. The van der Waals surface area contributed by atoms with E-state index >= 15 is 0 Å². The lowest BCUT2D eigenvalue weighted by atomic mass is 10.2. The van der Waals surface area contributed by atoms with Crippen molar-refractivity contribution in [2.75, 3.05) is 0 Å². The largest absolute Gasteiger partial charge is 0.482 e. The molecule has 1 aromatic heterocycles. The van der Waals surface area contributed by atoms with Crippen LogP contribution in [0.4, 0.5) is 0 Å². The Hall–Kier alpha value is -1.85. The molecule has 0 atom stereocenters. The van der Waals surface area contributed by atoms with Crippen LogP contribution < -0.4 is 4.74 Å². The van der Waals surface area contributed by atoms with Crippen molar-refractivity contribution in [3.8, 4) is 17.1 Å². The van der Waals surface area contributed by atoms with Crippen molar-refractivity contribution in [3.05, 3.63) is 63.9 Å².